The van der Waals surface area contributed by atoms with Gasteiger partial charge in [-0.2, -0.15) is 5.10 Å². The van der Waals surface area contributed by atoms with Crippen LogP contribution in [0.25, 0.3) is 22.9 Å². The highest BCUT2D eigenvalue weighted by Gasteiger charge is 2.23. The molecule has 4 rings (SSSR count). The Bertz CT molecular complexity index is 1180. The number of aromatic nitrogens is 5. The molecule has 0 amide bonds. The summed E-state index contributed by atoms with van der Waals surface area (Å²) in [6.45, 7) is 0.0901. The summed E-state index contributed by atoms with van der Waals surface area (Å²) in [5, 5.41) is 19.3. The van der Waals surface area contributed by atoms with Crippen molar-refractivity contribution in [3.63, 3.8) is 0 Å². The second-order valence-electron chi connectivity index (χ2n) is 5.97. The SMILES string of the molecule is Nc1nc(-c2cc(-c3ccon3)n(Cc3ccccc3F)n2)nc(N)c1[N+](=O)[O-]. The second kappa shape index (κ2) is 6.99. The molecule has 12 heteroatoms. The van der Waals surface area contributed by atoms with E-state index < -0.39 is 16.4 Å². The molecule has 29 heavy (non-hydrogen) atoms. The van der Waals surface area contributed by atoms with Gasteiger partial charge in [0.15, 0.2) is 5.82 Å². The third-order valence-corrected chi connectivity index (χ3v) is 4.11. The van der Waals surface area contributed by atoms with Crippen molar-refractivity contribution >= 4 is 17.3 Å². The average Bonchev–Trinajstić information content (AvgIpc) is 3.32. The third kappa shape index (κ3) is 3.34. The Balaban J connectivity index is 1.82. The van der Waals surface area contributed by atoms with Crippen molar-refractivity contribution in [3.05, 3.63) is 64.2 Å². The molecule has 0 fully saturated rings. The van der Waals surface area contributed by atoms with Gasteiger partial charge in [-0.1, -0.05) is 23.4 Å². The molecular weight excluding hydrogens is 383 g/mol. The van der Waals surface area contributed by atoms with E-state index in [-0.39, 0.29) is 29.7 Å². The molecular formula is C17H13FN8O3. The summed E-state index contributed by atoms with van der Waals surface area (Å²) >= 11 is 0. The fraction of sp³-hybridized carbons (Fsp3) is 0.0588. The predicted molar refractivity (Wildman–Crippen MR) is 99.7 cm³/mol. The first-order valence-corrected chi connectivity index (χ1v) is 8.24. The number of nitrogens with zero attached hydrogens (tertiary/aromatic N) is 6. The number of nitrogen functional groups attached to an aromatic ring is 2. The molecule has 0 radical (unpaired) electrons. The molecule has 3 heterocycles. The third-order valence-electron chi connectivity index (χ3n) is 4.11. The summed E-state index contributed by atoms with van der Waals surface area (Å²) in [6, 6.07) is 9.45. The van der Waals surface area contributed by atoms with E-state index in [0.29, 0.717) is 17.0 Å². The van der Waals surface area contributed by atoms with Crippen molar-refractivity contribution in [2.45, 2.75) is 6.54 Å². The largest absolute Gasteiger partial charge is 0.378 e. The first-order valence-electron chi connectivity index (χ1n) is 8.24. The van der Waals surface area contributed by atoms with E-state index >= 15 is 0 Å². The van der Waals surface area contributed by atoms with Crippen molar-refractivity contribution in [2.24, 2.45) is 0 Å². The summed E-state index contributed by atoms with van der Waals surface area (Å²) in [5.41, 5.74) is 12.3. The fourth-order valence-electron chi connectivity index (χ4n) is 2.78. The lowest BCUT2D eigenvalue weighted by atomic mass is 10.2. The Kier molecular flexibility index (Phi) is 4.35. The summed E-state index contributed by atoms with van der Waals surface area (Å²) in [7, 11) is 0. The molecule has 3 aromatic heterocycles. The van der Waals surface area contributed by atoms with Gasteiger partial charge in [0.2, 0.25) is 11.6 Å². The van der Waals surface area contributed by atoms with Crippen LogP contribution in [-0.2, 0) is 6.54 Å². The van der Waals surface area contributed by atoms with Crippen LogP contribution < -0.4 is 11.5 Å². The van der Waals surface area contributed by atoms with E-state index in [9.17, 15) is 14.5 Å². The first-order chi connectivity index (χ1) is 13.9. The van der Waals surface area contributed by atoms with E-state index in [0.717, 1.165) is 0 Å². The maximum Gasteiger partial charge on any atom is 0.352 e. The maximum absolute atomic E-state index is 14.1. The minimum atomic E-state index is -0.758. The van der Waals surface area contributed by atoms with Gasteiger partial charge < -0.3 is 16.0 Å². The number of hydrogen-bond acceptors (Lipinski definition) is 9. The Labute approximate surface area is 161 Å². The molecule has 0 unspecified atom stereocenters. The number of nitro groups is 1. The van der Waals surface area contributed by atoms with Gasteiger partial charge in [-0.3, -0.25) is 14.8 Å². The van der Waals surface area contributed by atoms with Gasteiger partial charge >= 0.3 is 5.69 Å². The number of anilines is 2. The molecule has 0 aliphatic rings. The van der Waals surface area contributed by atoms with Crippen molar-refractivity contribution in [1.82, 2.24) is 24.9 Å². The molecule has 0 aliphatic carbocycles. The van der Waals surface area contributed by atoms with Gasteiger partial charge in [0.1, 0.15) is 23.5 Å². The van der Waals surface area contributed by atoms with Gasteiger partial charge in [0, 0.05) is 11.6 Å². The molecule has 4 aromatic rings. The van der Waals surface area contributed by atoms with Crippen LogP contribution in [0.15, 0.2) is 47.2 Å². The van der Waals surface area contributed by atoms with Crippen LogP contribution in [0.1, 0.15) is 5.56 Å². The van der Waals surface area contributed by atoms with E-state index in [2.05, 4.69) is 20.2 Å². The number of hydrogen-bond donors (Lipinski definition) is 2. The van der Waals surface area contributed by atoms with E-state index in [1.807, 2.05) is 0 Å². The molecule has 146 valence electrons. The van der Waals surface area contributed by atoms with E-state index in [1.165, 1.54) is 17.0 Å². The van der Waals surface area contributed by atoms with Crippen LogP contribution in [0.4, 0.5) is 21.7 Å². The standard InChI is InChI=1S/C17H13FN8O3/c18-10-4-2-1-3-9(10)8-25-13(11-5-6-29-24-11)7-12(23-25)17-21-15(19)14(26(27)28)16(20)22-17/h1-7H,8H2,(H4,19,20,21,22). The lowest BCUT2D eigenvalue weighted by molar-refractivity contribution is -0.383. The van der Waals surface area contributed by atoms with Crippen LogP contribution in [0.3, 0.4) is 0 Å². The summed E-state index contributed by atoms with van der Waals surface area (Å²) < 4.78 is 20.5. The zero-order valence-electron chi connectivity index (χ0n) is 14.7. The van der Waals surface area contributed by atoms with E-state index in [4.69, 9.17) is 16.0 Å². The molecule has 0 aliphatic heterocycles. The second-order valence-corrected chi connectivity index (χ2v) is 5.97. The van der Waals surface area contributed by atoms with Crippen LogP contribution in [0, 0.1) is 15.9 Å². The molecule has 0 saturated heterocycles. The van der Waals surface area contributed by atoms with Crippen LogP contribution in [0.5, 0.6) is 0 Å². The number of rotatable bonds is 5. The van der Waals surface area contributed by atoms with Gasteiger partial charge in [-0.25, -0.2) is 14.4 Å². The smallest absolute Gasteiger partial charge is 0.352 e. The monoisotopic (exact) mass is 396 g/mol. The normalized spacial score (nSPS) is 10.9. The number of halogens is 1. The number of nitrogens with two attached hydrogens (primary N) is 2. The fourth-order valence-corrected chi connectivity index (χ4v) is 2.78. The van der Waals surface area contributed by atoms with Gasteiger partial charge in [0.25, 0.3) is 0 Å². The summed E-state index contributed by atoms with van der Waals surface area (Å²) in [4.78, 5) is 18.1. The molecule has 0 saturated carbocycles. The zero-order chi connectivity index (χ0) is 20.5. The summed E-state index contributed by atoms with van der Waals surface area (Å²) in [5.74, 6) is -1.17. The van der Waals surface area contributed by atoms with Crippen molar-refractivity contribution in [3.8, 4) is 22.9 Å². The lowest BCUT2D eigenvalue weighted by Gasteiger charge is -2.06. The van der Waals surface area contributed by atoms with Gasteiger partial charge in [-0.15, -0.1) is 0 Å². The highest BCUT2D eigenvalue weighted by atomic mass is 19.1. The molecule has 1 aromatic carbocycles. The Morgan fingerprint density at radius 3 is 2.48 bits per heavy atom. The van der Waals surface area contributed by atoms with Crippen molar-refractivity contribution < 1.29 is 13.8 Å². The predicted octanol–water partition coefficient (Wildman–Crippen LogP) is 2.26. The topological polar surface area (TPSA) is 165 Å². The molecule has 4 N–H and O–H groups in total. The average molecular weight is 396 g/mol. The zero-order valence-corrected chi connectivity index (χ0v) is 14.7. The molecule has 11 nitrogen and oxygen atoms in total. The van der Waals surface area contributed by atoms with Crippen molar-refractivity contribution in [2.75, 3.05) is 11.5 Å². The maximum atomic E-state index is 14.1. The van der Waals surface area contributed by atoms with Crippen LogP contribution in [0.2, 0.25) is 0 Å². The molecule has 0 atom stereocenters. The summed E-state index contributed by atoms with van der Waals surface area (Å²) in [6.07, 6.45) is 1.38. The van der Waals surface area contributed by atoms with Gasteiger partial charge in [0.05, 0.1) is 17.2 Å². The lowest BCUT2D eigenvalue weighted by Crippen LogP contribution is -2.08. The highest BCUT2D eigenvalue weighted by molar-refractivity contribution is 5.71. The quantitative estimate of drug-likeness (QED) is 0.380. The van der Waals surface area contributed by atoms with E-state index in [1.54, 1.807) is 30.3 Å². The van der Waals surface area contributed by atoms with Crippen LogP contribution in [-0.4, -0.2) is 29.8 Å². The number of benzene rings is 1. The molecule has 0 spiro atoms. The van der Waals surface area contributed by atoms with Crippen LogP contribution >= 0.6 is 0 Å². The highest BCUT2D eigenvalue weighted by Crippen LogP contribution is 2.30. The Hall–Kier alpha value is -4.35. The minimum Gasteiger partial charge on any atom is -0.378 e. The Morgan fingerprint density at radius 1 is 1.14 bits per heavy atom. The van der Waals surface area contributed by atoms with Gasteiger partial charge in [-0.05, 0) is 12.1 Å². The molecule has 0 bridgehead atoms. The van der Waals surface area contributed by atoms with Crippen molar-refractivity contribution in [1.29, 1.82) is 0 Å². The first kappa shape index (κ1) is 18.0. The Morgan fingerprint density at radius 2 is 1.86 bits per heavy atom. The minimum absolute atomic E-state index is 0.0115.